The number of hydrogen-bond donors (Lipinski definition) is 1. The fourth-order valence-corrected chi connectivity index (χ4v) is 4.77. The van der Waals surface area contributed by atoms with E-state index in [1.165, 1.54) is 23.1 Å². The van der Waals surface area contributed by atoms with Crippen LogP contribution in [-0.4, -0.2) is 18.9 Å². The Balaban J connectivity index is 1.82. The Morgan fingerprint density at radius 1 is 1.14 bits per heavy atom. The molecule has 3 unspecified atom stereocenters. The van der Waals surface area contributed by atoms with Crippen LogP contribution in [0.25, 0.3) is 0 Å². The number of aryl methyl sites for hydroxylation is 1. The van der Waals surface area contributed by atoms with Crippen molar-refractivity contribution in [2.24, 2.45) is 17.6 Å². The number of rotatable bonds is 1. The molecule has 3 aliphatic carbocycles. The van der Waals surface area contributed by atoms with Crippen LogP contribution >= 0.6 is 0 Å². The van der Waals surface area contributed by atoms with Crippen LogP contribution in [0, 0.1) is 11.8 Å². The highest BCUT2D eigenvalue weighted by Gasteiger charge is 2.38. The van der Waals surface area contributed by atoms with E-state index in [1.54, 1.807) is 7.11 Å². The van der Waals surface area contributed by atoms with Gasteiger partial charge >= 0.3 is 0 Å². The van der Waals surface area contributed by atoms with Crippen molar-refractivity contribution in [1.29, 1.82) is 0 Å². The molecule has 3 nitrogen and oxygen atoms in total. The molecule has 21 heavy (non-hydrogen) atoms. The lowest BCUT2D eigenvalue weighted by Crippen LogP contribution is -2.38. The van der Waals surface area contributed by atoms with Crippen molar-refractivity contribution in [3.8, 4) is 5.75 Å². The van der Waals surface area contributed by atoms with Crippen LogP contribution < -0.4 is 10.5 Å². The second-order valence-electron chi connectivity index (χ2n) is 6.99. The number of Topliss-reactive ketones (excluding diaryl/α,β-unsaturated/α-hetero) is 1. The number of fused-ring (bicyclic) bond motifs is 4. The van der Waals surface area contributed by atoms with Gasteiger partial charge in [0.25, 0.3) is 0 Å². The van der Waals surface area contributed by atoms with Gasteiger partial charge < -0.3 is 10.5 Å². The van der Waals surface area contributed by atoms with E-state index >= 15 is 0 Å². The van der Waals surface area contributed by atoms with E-state index in [9.17, 15) is 4.79 Å². The van der Waals surface area contributed by atoms with E-state index in [0.29, 0.717) is 24.2 Å². The van der Waals surface area contributed by atoms with Gasteiger partial charge in [-0.2, -0.15) is 0 Å². The van der Waals surface area contributed by atoms with Gasteiger partial charge in [0, 0.05) is 18.0 Å². The van der Waals surface area contributed by atoms with Crippen molar-refractivity contribution in [2.45, 2.75) is 51.0 Å². The van der Waals surface area contributed by atoms with Gasteiger partial charge in [-0.1, -0.05) is 0 Å². The lowest BCUT2D eigenvalue weighted by atomic mass is 9.66. The molecule has 0 amide bonds. The first kappa shape index (κ1) is 13.3. The summed E-state index contributed by atoms with van der Waals surface area (Å²) in [5.41, 5.74) is 11.0. The number of methoxy groups -OCH3 is 1. The van der Waals surface area contributed by atoms with Crippen molar-refractivity contribution in [2.75, 3.05) is 7.11 Å². The van der Waals surface area contributed by atoms with Gasteiger partial charge in [0.1, 0.15) is 5.75 Å². The minimum absolute atomic E-state index is 0.336. The number of carbonyl (C=O) groups excluding carboxylic acids is 1. The molecule has 0 aliphatic heterocycles. The standard InChI is InChI=1S/C18H23NO2/c1-21-17-9-11-3-5-16(20)18(11)15-8-12-6-13(19)4-2-10(12)7-14(15)17/h9-10,12-13H,2-8,19H2,1H3. The maximum atomic E-state index is 12.3. The van der Waals surface area contributed by atoms with Crippen molar-refractivity contribution in [1.82, 2.24) is 0 Å². The van der Waals surface area contributed by atoms with Crippen LogP contribution in [0.5, 0.6) is 5.75 Å². The Hall–Kier alpha value is -1.35. The third kappa shape index (κ3) is 2.02. The first-order valence-corrected chi connectivity index (χ1v) is 8.17. The third-order valence-electron chi connectivity index (χ3n) is 5.82. The first-order chi connectivity index (χ1) is 10.2. The zero-order valence-electron chi connectivity index (χ0n) is 12.7. The van der Waals surface area contributed by atoms with E-state index in [0.717, 1.165) is 49.3 Å². The molecule has 0 radical (unpaired) electrons. The summed E-state index contributed by atoms with van der Waals surface area (Å²) in [5, 5.41) is 0. The predicted molar refractivity (Wildman–Crippen MR) is 81.9 cm³/mol. The molecule has 3 aliphatic rings. The Morgan fingerprint density at radius 3 is 2.76 bits per heavy atom. The summed E-state index contributed by atoms with van der Waals surface area (Å²) in [7, 11) is 1.75. The summed E-state index contributed by atoms with van der Waals surface area (Å²) < 4.78 is 5.64. The Bertz CT molecular complexity index is 608. The van der Waals surface area contributed by atoms with Crippen molar-refractivity contribution in [3.63, 3.8) is 0 Å². The third-order valence-corrected chi connectivity index (χ3v) is 5.82. The second-order valence-corrected chi connectivity index (χ2v) is 6.99. The minimum atomic E-state index is 0.336. The molecule has 1 aromatic carbocycles. The van der Waals surface area contributed by atoms with Crippen molar-refractivity contribution in [3.05, 3.63) is 28.3 Å². The fourth-order valence-electron chi connectivity index (χ4n) is 4.77. The summed E-state index contributed by atoms with van der Waals surface area (Å²) in [6.45, 7) is 0. The average molecular weight is 285 g/mol. The second kappa shape index (κ2) is 4.84. The Kier molecular flexibility index (Phi) is 3.07. The molecular weight excluding hydrogens is 262 g/mol. The van der Waals surface area contributed by atoms with Crippen LogP contribution in [0.2, 0.25) is 0 Å². The normalized spacial score (nSPS) is 30.6. The quantitative estimate of drug-likeness (QED) is 0.863. The minimum Gasteiger partial charge on any atom is -0.496 e. The smallest absolute Gasteiger partial charge is 0.163 e. The molecule has 0 bridgehead atoms. The van der Waals surface area contributed by atoms with Gasteiger partial charge in [0.2, 0.25) is 0 Å². The molecule has 1 aromatic rings. The largest absolute Gasteiger partial charge is 0.496 e. The van der Waals surface area contributed by atoms with Gasteiger partial charge in [-0.15, -0.1) is 0 Å². The number of nitrogens with two attached hydrogens (primary N) is 1. The topological polar surface area (TPSA) is 52.3 Å². The zero-order chi connectivity index (χ0) is 14.6. The molecule has 0 heterocycles. The summed E-state index contributed by atoms with van der Waals surface area (Å²) in [4.78, 5) is 12.3. The number of benzene rings is 1. The molecule has 2 N–H and O–H groups in total. The summed E-state index contributed by atoms with van der Waals surface area (Å²) in [5.74, 6) is 2.72. The highest BCUT2D eigenvalue weighted by atomic mass is 16.5. The molecule has 0 spiro atoms. The highest BCUT2D eigenvalue weighted by Crippen LogP contribution is 2.45. The van der Waals surface area contributed by atoms with Gasteiger partial charge in [0.05, 0.1) is 7.11 Å². The van der Waals surface area contributed by atoms with Crippen LogP contribution in [0.15, 0.2) is 6.07 Å². The summed E-state index contributed by atoms with van der Waals surface area (Å²) in [6, 6.07) is 2.47. The van der Waals surface area contributed by atoms with Gasteiger partial charge in [-0.25, -0.2) is 0 Å². The fraction of sp³-hybridized carbons (Fsp3) is 0.611. The van der Waals surface area contributed by atoms with Gasteiger partial charge in [-0.05, 0) is 73.1 Å². The van der Waals surface area contributed by atoms with E-state index in [-0.39, 0.29) is 0 Å². The zero-order valence-corrected chi connectivity index (χ0v) is 12.7. The molecular formula is C18H23NO2. The van der Waals surface area contributed by atoms with Gasteiger partial charge in [0.15, 0.2) is 5.78 Å². The van der Waals surface area contributed by atoms with Crippen molar-refractivity contribution >= 4 is 5.78 Å². The number of hydrogen-bond acceptors (Lipinski definition) is 3. The average Bonchev–Trinajstić information content (AvgIpc) is 2.86. The monoisotopic (exact) mass is 285 g/mol. The van der Waals surface area contributed by atoms with E-state index < -0.39 is 0 Å². The SMILES string of the molecule is COc1cc2c(c3c1CC1CCC(N)CC1C3)C(=O)CC2. The Labute approximate surface area is 125 Å². The lowest BCUT2D eigenvalue weighted by molar-refractivity contribution is 0.0992. The molecule has 3 heteroatoms. The van der Waals surface area contributed by atoms with Crippen LogP contribution in [0.1, 0.15) is 52.7 Å². The van der Waals surface area contributed by atoms with E-state index in [1.807, 2.05) is 0 Å². The molecule has 4 rings (SSSR count). The molecule has 0 aromatic heterocycles. The summed E-state index contributed by atoms with van der Waals surface area (Å²) in [6.07, 6.45) is 7.12. The predicted octanol–water partition coefficient (Wildman–Crippen LogP) is 2.67. The maximum Gasteiger partial charge on any atom is 0.163 e. The van der Waals surface area contributed by atoms with E-state index in [2.05, 4.69) is 6.07 Å². The number of ether oxygens (including phenoxy) is 1. The summed E-state index contributed by atoms with van der Waals surface area (Å²) >= 11 is 0. The molecule has 112 valence electrons. The highest BCUT2D eigenvalue weighted by molar-refractivity contribution is 6.02. The first-order valence-electron chi connectivity index (χ1n) is 8.17. The molecule has 1 fully saturated rings. The van der Waals surface area contributed by atoms with Gasteiger partial charge in [-0.3, -0.25) is 4.79 Å². The number of ketones is 1. The molecule has 0 saturated heterocycles. The van der Waals surface area contributed by atoms with Crippen LogP contribution in [-0.2, 0) is 19.3 Å². The van der Waals surface area contributed by atoms with Crippen molar-refractivity contribution < 1.29 is 9.53 Å². The van der Waals surface area contributed by atoms with Crippen LogP contribution in [0.4, 0.5) is 0 Å². The molecule has 1 saturated carbocycles. The Morgan fingerprint density at radius 2 is 1.95 bits per heavy atom. The number of carbonyl (C=O) groups is 1. The molecule has 3 atom stereocenters. The van der Waals surface area contributed by atoms with E-state index in [4.69, 9.17) is 10.5 Å². The van der Waals surface area contributed by atoms with Crippen LogP contribution in [0.3, 0.4) is 0 Å². The lowest BCUT2D eigenvalue weighted by Gasteiger charge is -2.40. The maximum absolute atomic E-state index is 12.3.